The highest BCUT2D eigenvalue weighted by atomic mass is 35.5. The van der Waals surface area contributed by atoms with E-state index < -0.39 is 0 Å². The number of anilines is 1. The zero-order valence-corrected chi connectivity index (χ0v) is 12.1. The number of carbonyl (C=O) groups is 1. The molecule has 1 fully saturated rings. The van der Waals surface area contributed by atoms with Crippen molar-refractivity contribution in [3.63, 3.8) is 0 Å². The first kappa shape index (κ1) is 13.8. The highest BCUT2D eigenvalue weighted by Gasteiger charge is 2.33. The number of halogens is 1. The molecule has 1 amide bonds. The van der Waals surface area contributed by atoms with Gasteiger partial charge in [-0.3, -0.25) is 9.78 Å². The number of nitrogen functional groups attached to an aromatic ring is 1. The summed E-state index contributed by atoms with van der Waals surface area (Å²) in [7, 11) is 0. The molecule has 1 aliphatic rings. The van der Waals surface area contributed by atoms with Crippen LogP contribution in [0.4, 0.5) is 5.69 Å². The van der Waals surface area contributed by atoms with Crippen LogP contribution in [0.3, 0.4) is 0 Å². The van der Waals surface area contributed by atoms with Crippen LogP contribution < -0.4 is 5.73 Å². The van der Waals surface area contributed by atoms with Crippen molar-refractivity contribution in [3.8, 4) is 0 Å². The summed E-state index contributed by atoms with van der Waals surface area (Å²) in [6.45, 7) is 0.547. The van der Waals surface area contributed by atoms with E-state index in [0.29, 0.717) is 17.8 Å². The molecular formula is C15H15ClN4O. The summed E-state index contributed by atoms with van der Waals surface area (Å²) in [6.07, 6.45) is 6.92. The number of aromatic nitrogens is 2. The Kier molecular flexibility index (Phi) is 3.75. The lowest BCUT2D eigenvalue weighted by Crippen LogP contribution is -2.33. The van der Waals surface area contributed by atoms with E-state index in [1.165, 1.54) is 12.3 Å². The quantitative estimate of drug-likeness (QED) is 0.881. The van der Waals surface area contributed by atoms with Gasteiger partial charge in [-0.15, -0.1) is 0 Å². The molecule has 0 spiro atoms. The first-order valence-corrected chi connectivity index (χ1v) is 7.14. The molecule has 0 aromatic carbocycles. The number of amides is 1. The first-order valence-electron chi connectivity index (χ1n) is 6.76. The van der Waals surface area contributed by atoms with Crippen LogP contribution in [0.1, 0.15) is 28.8 Å². The zero-order valence-electron chi connectivity index (χ0n) is 11.4. The van der Waals surface area contributed by atoms with Crippen LogP contribution in [-0.2, 0) is 6.54 Å². The molecule has 1 saturated carbocycles. The molecule has 0 bridgehead atoms. The summed E-state index contributed by atoms with van der Waals surface area (Å²) in [4.78, 5) is 22.5. The molecule has 1 aliphatic carbocycles. The molecule has 2 aromatic rings. The monoisotopic (exact) mass is 302 g/mol. The fourth-order valence-corrected chi connectivity index (χ4v) is 2.38. The van der Waals surface area contributed by atoms with Crippen molar-refractivity contribution in [2.45, 2.75) is 25.4 Å². The van der Waals surface area contributed by atoms with Gasteiger partial charge in [-0.1, -0.05) is 11.6 Å². The van der Waals surface area contributed by atoms with Gasteiger partial charge < -0.3 is 10.6 Å². The zero-order chi connectivity index (χ0) is 14.8. The number of hydrogen-bond donors (Lipinski definition) is 1. The van der Waals surface area contributed by atoms with Crippen LogP contribution in [0.25, 0.3) is 0 Å². The predicted molar refractivity (Wildman–Crippen MR) is 80.8 cm³/mol. The van der Waals surface area contributed by atoms with Gasteiger partial charge in [-0.2, -0.15) is 0 Å². The largest absolute Gasteiger partial charge is 0.397 e. The highest BCUT2D eigenvalue weighted by Crippen LogP contribution is 2.31. The predicted octanol–water partition coefficient (Wildman–Crippen LogP) is 2.52. The van der Waals surface area contributed by atoms with E-state index in [-0.39, 0.29) is 17.1 Å². The molecule has 108 valence electrons. The topological polar surface area (TPSA) is 72.1 Å². The summed E-state index contributed by atoms with van der Waals surface area (Å²) < 4.78 is 0. The van der Waals surface area contributed by atoms with Crippen LogP contribution in [-0.4, -0.2) is 26.8 Å². The number of rotatable bonds is 4. The van der Waals surface area contributed by atoms with E-state index in [0.717, 1.165) is 18.4 Å². The first-order chi connectivity index (χ1) is 10.1. The Morgan fingerprint density at radius 2 is 2.10 bits per heavy atom. The third-order valence-corrected chi connectivity index (χ3v) is 3.69. The minimum atomic E-state index is -0.101. The molecule has 21 heavy (non-hydrogen) atoms. The van der Waals surface area contributed by atoms with Crippen molar-refractivity contribution in [2.75, 3.05) is 5.73 Å². The standard InChI is InChI=1S/C15H15ClN4O/c16-14-7-12(13(17)8-19-14)15(21)20(11-1-2-11)9-10-3-5-18-6-4-10/h3-8,11H,1-2,9,17H2. The highest BCUT2D eigenvalue weighted by molar-refractivity contribution is 6.29. The third-order valence-electron chi connectivity index (χ3n) is 3.48. The molecule has 2 N–H and O–H groups in total. The van der Waals surface area contributed by atoms with E-state index >= 15 is 0 Å². The number of nitrogens with two attached hydrogens (primary N) is 1. The molecule has 2 aromatic heterocycles. The molecule has 0 radical (unpaired) electrons. The molecule has 0 unspecified atom stereocenters. The van der Waals surface area contributed by atoms with Crippen LogP contribution in [0.5, 0.6) is 0 Å². The van der Waals surface area contributed by atoms with E-state index in [9.17, 15) is 4.79 Å². The van der Waals surface area contributed by atoms with E-state index in [2.05, 4.69) is 9.97 Å². The Bertz CT molecular complexity index is 658. The lowest BCUT2D eigenvalue weighted by atomic mass is 10.1. The second-order valence-electron chi connectivity index (χ2n) is 5.11. The summed E-state index contributed by atoms with van der Waals surface area (Å²) in [6, 6.07) is 5.62. The van der Waals surface area contributed by atoms with Gasteiger partial charge in [0.2, 0.25) is 0 Å². The SMILES string of the molecule is Nc1cnc(Cl)cc1C(=O)N(Cc1ccncc1)C1CC1. The van der Waals surface area contributed by atoms with Crippen LogP contribution in [0.15, 0.2) is 36.8 Å². The van der Waals surface area contributed by atoms with Gasteiger partial charge in [0.05, 0.1) is 17.4 Å². The van der Waals surface area contributed by atoms with Gasteiger partial charge in [0.1, 0.15) is 5.15 Å². The van der Waals surface area contributed by atoms with Crippen molar-refractivity contribution in [1.82, 2.24) is 14.9 Å². The summed E-state index contributed by atoms with van der Waals surface area (Å²) in [5.74, 6) is -0.101. The number of pyridine rings is 2. The summed E-state index contributed by atoms with van der Waals surface area (Å²) >= 11 is 5.88. The lowest BCUT2D eigenvalue weighted by Gasteiger charge is -2.23. The normalized spacial score (nSPS) is 14.0. The maximum Gasteiger partial charge on any atom is 0.256 e. The maximum atomic E-state index is 12.7. The Labute approximate surface area is 127 Å². The molecular weight excluding hydrogens is 288 g/mol. The summed E-state index contributed by atoms with van der Waals surface area (Å²) in [5, 5.41) is 0.271. The molecule has 3 rings (SSSR count). The Morgan fingerprint density at radius 1 is 1.38 bits per heavy atom. The molecule has 0 aliphatic heterocycles. The van der Waals surface area contributed by atoms with E-state index in [1.54, 1.807) is 12.4 Å². The van der Waals surface area contributed by atoms with Crippen LogP contribution in [0, 0.1) is 0 Å². The van der Waals surface area contributed by atoms with Gasteiger partial charge in [-0.05, 0) is 36.6 Å². The van der Waals surface area contributed by atoms with Crippen molar-refractivity contribution in [3.05, 3.63) is 53.1 Å². The minimum absolute atomic E-state index is 0.101. The Morgan fingerprint density at radius 3 is 2.76 bits per heavy atom. The van der Waals surface area contributed by atoms with Gasteiger partial charge in [0.15, 0.2) is 0 Å². The number of carbonyl (C=O) groups excluding carboxylic acids is 1. The molecule has 5 nitrogen and oxygen atoms in total. The molecule has 2 heterocycles. The van der Waals surface area contributed by atoms with Gasteiger partial charge >= 0.3 is 0 Å². The van der Waals surface area contributed by atoms with Crippen molar-refractivity contribution < 1.29 is 4.79 Å². The van der Waals surface area contributed by atoms with Crippen LogP contribution in [0.2, 0.25) is 5.15 Å². The van der Waals surface area contributed by atoms with Crippen molar-refractivity contribution >= 4 is 23.2 Å². The molecule has 0 saturated heterocycles. The average molecular weight is 303 g/mol. The Hall–Kier alpha value is -2.14. The average Bonchev–Trinajstić information content (AvgIpc) is 3.32. The van der Waals surface area contributed by atoms with Gasteiger partial charge in [-0.25, -0.2) is 4.98 Å². The second-order valence-corrected chi connectivity index (χ2v) is 5.50. The molecule has 6 heteroatoms. The van der Waals surface area contributed by atoms with E-state index in [4.69, 9.17) is 17.3 Å². The van der Waals surface area contributed by atoms with Gasteiger partial charge in [0.25, 0.3) is 5.91 Å². The maximum absolute atomic E-state index is 12.7. The number of nitrogens with zero attached hydrogens (tertiary/aromatic N) is 3. The van der Waals surface area contributed by atoms with Crippen molar-refractivity contribution in [1.29, 1.82) is 0 Å². The van der Waals surface area contributed by atoms with Crippen molar-refractivity contribution in [2.24, 2.45) is 0 Å². The second kappa shape index (κ2) is 5.69. The Balaban J connectivity index is 1.87. The van der Waals surface area contributed by atoms with Crippen LogP contribution >= 0.6 is 11.6 Å². The smallest absolute Gasteiger partial charge is 0.256 e. The number of hydrogen-bond acceptors (Lipinski definition) is 4. The summed E-state index contributed by atoms with van der Waals surface area (Å²) in [5.41, 5.74) is 7.67. The fraction of sp³-hybridized carbons (Fsp3) is 0.267. The minimum Gasteiger partial charge on any atom is -0.397 e. The lowest BCUT2D eigenvalue weighted by molar-refractivity contribution is 0.0731. The third kappa shape index (κ3) is 3.13. The fourth-order valence-electron chi connectivity index (χ4n) is 2.22. The van der Waals surface area contributed by atoms with E-state index in [1.807, 2.05) is 17.0 Å². The van der Waals surface area contributed by atoms with Gasteiger partial charge in [0, 0.05) is 25.0 Å². The molecule has 0 atom stereocenters.